The van der Waals surface area contributed by atoms with Crippen LogP contribution in [0.15, 0.2) is 53.4 Å². The Kier molecular flexibility index (Phi) is 5.88. The Balaban J connectivity index is 1.85. The van der Waals surface area contributed by atoms with Gasteiger partial charge in [-0.25, -0.2) is 17.9 Å². The lowest BCUT2D eigenvalue weighted by Gasteiger charge is -2.08. The Morgan fingerprint density at radius 1 is 1.17 bits per heavy atom. The number of sulfonamides is 1. The summed E-state index contributed by atoms with van der Waals surface area (Å²) in [6, 6.07) is 12.1. The first kappa shape index (κ1) is 17.9. The van der Waals surface area contributed by atoms with Gasteiger partial charge in [-0.2, -0.15) is 0 Å². The molecule has 0 unspecified atom stereocenters. The number of benzene rings is 2. The minimum atomic E-state index is -4.05. The summed E-state index contributed by atoms with van der Waals surface area (Å²) in [5.74, 6) is -0.470. The van der Waals surface area contributed by atoms with Crippen molar-refractivity contribution < 1.29 is 22.3 Å². The van der Waals surface area contributed by atoms with Crippen LogP contribution in [0.4, 0.5) is 10.1 Å². The first-order chi connectivity index (χ1) is 11.3. The average Bonchev–Trinajstić information content (AvgIpc) is 2.51. The maximum Gasteiger partial charge on any atom is 0.238 e. The van der Waals surface area contributed by atoms with Crippen LogP contribution in [0.25, 0.3) is 0 Å². The molecule has 2 aromatic rings. The van der Waals surface area contributed by atoms with Crippen molar-refractivity contribution in [3.05, 3.63) is 54.3 Å². The molecular formula is C16H17FN2O4S. The van der Waals surface area contributed by atoms with Crippen molar-refractivity contribution >= 4 is 21.6 Å². The smallest absolute Gasteiger partial charge is 0.238 e. The van der Waals surface area contributed by atoms with Crippen molar-refractivity contribution in [2.24, 2.45) is 5.14 Å². The van der Waals surface area contributed by atoms with Crippen molar-refractivity contribution in [2.75, 3.05) is 11.9 Å². The minimum Gasteiger partial charge on any atom is -0.494 e. The fraction of sp³-hybridized carbons (Fsp3) is 0.188. The molecule has 0 saturated carbocycles. The molecule has 0 bridgehead atoms. The second-order valence-electron chi connectivity index (χ2n) is 5.03. The molecule has 0 aliphatic heterocycles. The van der Waals surface area contributed by atoms with Gasteiger partial charge in [-0.15, -0.1) is 0 Å². The van der Waals surface area contributed by atoms with Crippen LogP contribution < -0.4 is 15.2 Å². The number of ether oxygens (including phenoxy) is 1. The van der Waals surface area contributed by atoms with Gasteiger partial charge in [0.05, 0.1) is 11.5 Å². The number of amides is 1. The molecule has 3 N–H and O–H groups in total. The van der Waals surface area contributed by atoms with Gasteiger partial charge in [-0.1, -0.05) is 18.2 Å². The van der Waals surface area contributed by atoms with E-state index >= 15 is 0 Å². The number of hydrogen-bond donors (Lipinski definition) is 2. The molecule has 8 heteroatoms. The highest BCUT2D eigenvalue weighted by atomic mass is 32.2. The monoisotopic (exact) mass is 352 g/mol. The number of anilines is 1. The lowest BCUT2D eigenvalue weighted by molar-refractivity contribution is -0.116. The first-order valence-electron chi connectivity index (χ1n) is 7.16. The molecule has 0 radical (unpaired) electrons. The first-order valence-corrected chi connectivity index (χ1v) is 8.70. The molecule has 2 rings (SSSR count). The minimum absolute atomic E-state index is 0.0352. The van der Waals surface area contributed by atoms with E-state index in [2.05, 4.69) is 5.32 Å². The predicted octanol–water partition coefficient (Wildman–Crippen LogP) is 2.27. The summed E-state index contributed by atoms with van der Waals surface area (Å²) in [6.45, 7) is 0.350. The highest BCUT2D eigenvalue weighted by Gasteiger charge is 2.12. The average molecular weight is 352 g/mol. The summed E-state index contributed by atoms with van der Waals surface area (Å²) in [5.41, 5.74) is 0.0352. The summed E-state index contributed by atoms with van der Waals surface area (Å²) >= 11 is 0. The van der Waals surface area contributed by atoms with E-state index in [1.54, 1.807) is 0 Å². The van der Waals surface area contributed by atoms with Gasteiger partial charge in [0.2, 0.25) is 15.9 Å². The molecule has 128 valence electrons. The number of primary sulfonamides is 1. The van der Waals surface area contributed by atoms with Crippen molar-refractivity contribution in [1.29, 1.82) is 0 Å². The molecule has 2 aromatic carbocycles. The summed E-state index contributed by atoms with van der Waals surface area (Å²) in [6.07, 6.45) is 0.603. The van der Waals surface area contributed by atoms with Crippen LogP contribution in [0.3, 0.4) is 0 Å². The molecule has 0 spiro atoms. The molecule has 0 heterocycles. The second-order valence-corrected chi connectivity index (χ2v) is 6.60. The fourth-order valence-corrected chi connectivity index (χ4v) is 2.53. The lowest BCUT2D eigenvalue weighted by atomic mass is 10.2. The lowest BCUT2D eigenvalue weighted by Crippen LogP contribution is -2.15. The number of para-hydroxylation sites is 1. The SMILES string of the molecule is NS(=O)(=O)c1cc(F)cc(NC(=O)CCCOc2ccccc2)c1. The normalized spacial score (nSPS) is 11.1. The molecular weight excluding hydrogens is 335 g/mol. The Morgan fingerprint density at radius 3 is 2.54 bits per heavy atom. The van der Waals surface area contributed by atoms with E-state index in [0.717, 1.165) is 18.2 Å². The number of nitrogens with one attached hydrogen (secondary N) is 1. The molecule has 6 nitrogen and oxygen atoms in total. The Labute approximate surface area is 139 Å². The van der Waals surface area contributed by atoms with Gasteiger partial charge in [0, 0.05) is 12.1 Å². The van der Waals surface area contributed by atoms with E-state index < -0.39 is 20.7 Å². The summed E-state index contributed by atoms with van der Waals surface area (Å²) in [7, 11) is -4.05. The zero-order valence-electron chi connectivity index (χ0n) is 12.7. The number of rotatable bonds is 7. The third-order valence-electron chi connectivity index (χ3n) is 3.04. The molecule has 1 amide bonds. The zero-order chi connectivity index (χ0) is 17.6. The molecule has 0 fully saturated rings. The van der Waals surface area contributed by atoms with E-state index in [1.807, 2.05) is 30.3 Å². The van der Waals surface area contributed by atoms with E-state index in [9.17, 15) is 17.6 Å². The topological polar surface area (TPSA) is 98.5 Å². The fourth-order valence-electron chi connectivity index (χ4n) is 1.96. The predicted molar refractivity (Wildman–Crippen MR) is 87.6 cm³/mol. The van der Waals surface area contributed by atoms with Gasteiger partial charge >= 0.3 is 0 Å². The van der Waals surface area contributed by atoms with Crippen LogP contribution in [0, 0.1) is 5.82 Å². The Bertz CT molecular complexity index is 810. The molecule has 0 aliphatic carbocycles. The van der Waals surface area contributed by atoms with E-state index in [4.69, 9.17) is 9.88 Å². The quantitative estimate of drug-likeness (QED) is 0.747. The van der Waals surface area contributed by atoms with E-state index in [0.29, 0.717) is 18.8 Å². The van der Waals surface area contributed by atoms with Gasteiger partial charge in [0.15, 0.2) is 0 Å². The van der Waals surface area contributed by atoms with Crippen molar-refractivity contribution in [2.45, 2.75) is 17.7 Å². The molecule has 0 aliphatic rings. The van der Waals surface area contributed by atoms with Crippen molar-refractivity contribution in [1.82, 2.24) is 0 Å². The molecule has 0 saturated heterocycles. The van der Waals surface area contributed by atoms with Crippen LogP contribution in [0.5, 0.6) is 5.75 Å². The standard InChI is InChI=1S/C16H17FN2O4S/c17-12-9-13(11-15(10-12)24(18,21)22)19-16(20)7-4-8-23-14-5-2-1-3-6-14/h1-3,5-6,9-11H,4,7-8H2,(H,19,20)(H2,18,21,22). The number of carbonyl (C=O) groups excluding carboxylic acids is 1. The third kappa shape index (κ3) is 5.64. The number of carbonyl (C=O) groups is 1. The van der Waals surface area contributed by atoms with E-state index in [-0.39, 0.29) is 18.0 Å². The van der Waals surface area contributed by atoms with Crippen LogP contribution >= 0.6 is 0 Å². The molecule has 0 aromatic heterocycles. The molecule has 24 heavy (non-hydrogen) atoms. The maximum atomic E-state index is 13.4. The Hall–Kier alpha value is -2.45. The van der Waals surface area contributed by atoms with Gasteiger partial charge < -0.3 is 10.1 Å². The highest BCUT2D eigenvalue weighted by Crippen LogP contribution is 2.17. The van der Waals surface area contributed by atoms with Gasteiger partial charge in [0.1, 0.15) is 11.6 Å². The number of hydrogen-bond acceptors (Lipinski definition) is 4. The largest absolute Gasteiger partial charge is 0.494 e. The van der Waals surface area contributed by atoms with Gasteiger partial charge in [-0.05, 0) is 36.8 Å². The maximum absolute atomic E-state index is 13.4. The summed E-state index contributed by atoms with van der Waals surface area (Å²) in [5, 5.41) is 7.39. The number of halogens is 1. The van der Waals surface area contributed by atoms with Gasteiger partial charge in [0.25, 0.3) is 0 Å². The van der Waals surface area contributed by atoms with E-state index in [1.165, 1.54) is 0 Å². The highest BCUT2D eigenvalue weighted by molar-refractivity contribution is 7.89. The van der Waals surface area contributed by atoms with Crippen molar-refractivity contribution in [3.8, 4) is 5.75 Å². The van der Waals surface area contributed by atoms with Gasteiger partial charge in [-0.3, -0.25) is 4.79 Å². The van der Waals surface area contributed by atoms with Crippen LogP contribution in [-0.2, 0) is 14.8 Å². The summed E-state index contributed by atoms with van der Waals surface area (Å²) < 4.78 is 41.4. The van der Waals surface area contributed by atoms with Crippen LogP contribution in [0.2, 0.25) is 0 Å². The zero-order valence-corrected chi connectivity index (χ0v) is 13.6. The number of nitrogens with two attached hydrogens (primary N) is 1. The second kappa shape index (κ2) is 7.89. The van der Waals surface area contributed by atoms with Crippen LogP contribution in [-0.4, -0.2) is 20.9 Å². The summed E-state index contributed by atoms with van der Waals surface area (Å²) in [4.78, 5) is 11.4. The third-order valence-corrected chi connectivity index (χ3v) is 3.94. The Morgan fingerprint density at radius 2 is 1.88 bits per heavy atom. The molecule has 0 atom stereocenters. The van der Waals surface area contributed by atoms with Crippen LogP contribution in [0.1, 0.15) is 12.8 Å². The van der Waals surface area contributed by atoms with Crippen molar-refractivity contribution in [3.63, 3.8) is 0 Å².